The van der Waals surface area contributed by atoms with E-state index < -0.39 is 0 Å². The maximum absolute atomic E-state index is 12.5. The minimum Gasteiger partial charge on any atom is -0.348 e. The molecule has 0 radical (unpaired) electrons. The molecular weight excluding hydrogens is 326 g/mol. The minimum absolute atomic E-state index is 0.0404. The average Bonchev–Trinajstić information content (AvgIpc) is 2.59. The Bertz CT molecular complexity index is 638. The second kappa shape index (κ2) is 7.01. The van der Waals surface area contributed by atoms with Crippen molar-refractivity contribution in [3.63, 3.8) is 0 Å². The van der Waals surface area contributed by atoms with E-state index in [2.05, 4.69) is 15.6 Å². The van der Waals surface area contributed by atoms with Crippen LogP contribution in [0.4, 0.5) is 0 Å². The first-order chi connectivity index (χ1) is 12.5. The van der Waals surface area contributed by atoms with Crippen LogP contribution in [0.5, 0.6) is 0 Å². The highest BCUT2D eigenvalue weighted by Gasteiger charge is 2.51. The SMILES string of the molecule is CC(NC(=O)CNC(=O)CC12CC3CC(CC(C3)C1)C2)c1ccncc1. The molecule has 0 aliphatic heterocycles. The summed E-state index contributed by atoms with van der Waals surface area (Å²) >= 11 is 0. The van der Waals surface area contributed by atoms with Gasteiger partial charge in [0.05, 0.1) is 12.6 Å². The lowest BCUT2D eigenvalue weighted by molar-refractivity contribution is -0.132. The fourth-order valence-corrected chi connectivity index (χ4v) is 6.12. The molecule has 1 atom stereocenters. The van der Waals surface area contributed by atoms with Crippen molar-refractivity contribution in [1.29, 1.82) is 0 Å². The first-order valence-electron chi connectivity index (χ1n) is 9.97. The van der Waals surface area contributed by atoms with E-state index in [-0.39, 0.29) is 29.8 Å². The Morgan fingerprint density at radius 3 is 2.23 bits per heavy atom. The van der Waals surface area contributed by atoms with Gasteiger partial charge in [-0.3, -0.25) is 14.6 Å². The molecule has 4 bridgehead atoms. The number of aromatic nitrogens is 1. The molecule has 1 unspecified atom stereocenters. The smallest absolute Gasteiger partial charge is 0.239 e. The van der Waals surface area contributed by atoms with Crippen LogP contribution >= 0.6 is 0 Å². The van der Waals surface area contributed by atoms with E-state index in [1.54, 1.807) is 12.4 Å². The van der Waals surface area contributed by atoms with Crippen molar-refractivity contribution < 1.29 is 9.59 Å². The van der Waals surface area contributed by atoms with E-state index in [0.717, 1.165) is 23.3 Å². The van der Waals surface area contributed by atoms with Crippen LogP contribution in [0.3, 0.4) is 0 Å². The van der Waals surface area contributed by atoms with Crippen LogP contribution in [0.1, 0.15) is 63.5 Å². The van der Waals surface area contributed by atoms with E-state index in [0.29, 0.717) is 6.42 Å². The molecule has 26 heavy (non-hydrogen) atoms. The van der Waals surface area contributed by atoms with Gasteiger partial charge in [0, 0.05) is 18.8 Å². The molecule has 4 aliphatic rings. The first-order valence-corrected chi connectivity index (χ1v) is 9.97. The lowest BCUT2D eigenvalue weighted by Gasteiger charge is -2.56. The second-order valence-corrected chi connectivity index (χ2v) is 8.94. The highest BCUT2D eigenvalue weighted by Crippen LogP contribution is 2.61. The molecule has 1 aromatic heterocycles. The number of rotatable bonds is 6. The van der Waals surface area contributed by atoms with Crippen LogP contribution < -0.4 is 10.6 Å². The summed E-state index contributed by atoms with van der Waals surface area (Å²) in [6.07, 6.45) is 11.8. The Kier molecular flexibility index (Phi) is 4.72. The number of pyridine rings is 1. The number of hydrogen-bond donors (Lipinski definition) is 2. The van der Waals surface area contributed by atoms with Crippen molar-refractivity contribution in [2.24, 2.45) is 23.2 Å². The molecule has 0 spiro atoms. The van der Waals surface area contributed by atoms with E-state index in [1.165, 1.54) is 38.5 Å². The van der Waals surface area contributed by atoms with Crippen molar-refractivity contribution in [3.8, 4) is 0 Å². The summed E-state index contributed by atoms with van der Waals surface area (Å²) in [4.78, 5) is 28.6. The van der Waals surface area contributed by atoms with Gasteiger partial charge >= 0.3 is 0 Å². The highest BCUT2D eigenvalue weighted by molar-refractivity contribution is 5.85. The Balaban J connectivity index is 1.25. The summed E-state index contributed by atoms with van der Waals surface area (Å²) in [5.74, 6) is 2.43. The van der Waals surface area contributed by atoms with Crippen molar-refractivity contribution in [2.45, 2.75) is 57.9 Å². The van der Waals surface area contributed by atoms with E-state index in [1.807, 2.05) is 19.1 Å². The third-order valence-electron chi connectivity index (χ3n) is 6.73. The Morgan fingerprint density at radius 1 is 1.08 bits per heavy atom. The molecule has 5 rings (SSSR count). The fraction of sp³-hybridized carbons (Fsp3) is 0.667. The quantitative estimate of drug-likeness (QED) is 0.824. The maximum Gasteiger partial charge on any atom is 0.239 e. The van der Waals surface area contributed by atoms with Crippen molar-refractivity contribution in [2.75, 3.05) is 6.54 Å². The van der Waals surface area contributed by atoms with Gasteiger partial charge in [-0.1, -0.05) is 0 Å². The zero-order chi connectivity index (χ0) is 18.1. The van der Waals surface area contributed by atoms with Gasteiger partial charge in [-0.05, 0) is 86.3 Å². The number of nitrogens with zero attached hydrogens (tertiary/aromatic N) is 1. The average molecular weight is 355 g/mol. The van der Waals surface area contributed by atoms with Crippen LogP contribution in [0.25, 0.3) is 0 Å². The zero-order valence-electron chi connectivity index (χ0n) is 15.5. The lowest BCUT2D eigenvalue weighted by atomic mass is 9.49. The van der Waals surface area contributed by atoms with Gasteiger partial charge in [0.2, 0.25) is 11.8 Å². The molecule has 0 aromatic carbocycles. The van der Waals surface area contributed by atoms with E-state index in [9.17, 15) is 9.59 Å². The van der Waals surface area contributed by atoms with Gasteiger partial charge in [0.25, 0.3) is 0 Å². The molecule has 140 valence electrons. The van der Waals surface area contributed by atoms with Crippen LogP contribution in [0.2, 0.25) is 0 Å². The molecule has 2 amide bonds. The summed E-state index contributed by atoms with van der Waals surface area (Å²) < 4.78 is 0. The fourth-order valence-electron chi connectivity index (χ4n) is 6.12. The summed E-state index contributed by atoms with van der Waals surface area (Å²) in [5, 5.41) is 5.78. The van der Waals surface area contributed by atoms with Gasteiger partial charge in [-0.2, -0.15) is 0 Å². The van der Waals surface area contributed by atoms with E-state index in [4.69, 9.17) is 0 Å². The molecular formula is C21H29N3O2. The Hall–Kier alpha value is -1.91. The van der Waals surface area contributed by atoms with Gasteiger partial charge < -0.3 is 10.6 Å². The largest absolute Gasteiger partial charge is 0.348 e. The normalized spacial score (nSPS) is 32.9. The number of hydrogen-bond acceptors (Lipinski definition) is 3. The maximum atomic E-state index is 12.5. The number of carbonyl (C=O) groups is 2. The highest BCUT2D eigenvalue weighted by atomic mass is 16.2. The third kappa shape index (κ3) is 3.76. The van der Waals surface area contributed by atoms with Crippen LogP contribution in [-0.2, 0) is 9.59 Å². The number of carbonyl (C=O) groups excluding carboxylic acids is 2. The van der Waals surface area contributed by atoms with Gasteiger partial charge in [-0.15, -0.1) is 0 Å². The van der Waals surface area contributed by atoms with E-state index >= 15 is 0 Å². The van der Waals surface area contributed by atoms with Gasteiger partial charge in [0.15, 0.2) is 0 Å². The standard InChI is InChI=1S/C21H29N3O2/c1-14(18-2-4-22-5-3-18)24-20(26)13-23-19(25)12-21-9-15-6-16(10-21)8-17(7-15)11-21/h2-5,14-17H,6-13H2,1H3,(H,23,25)(H,24,26). The number of amides is 2. The van der Waals surface area contributed by atoms with Crippen LogP contribution in [-0.4, -0.2) is 23.3 Å². The molecule has 5 nitrogen and oxygen atoms in total. The summed E-state index contributed by atoms with van der Waals surface area (Å²) in [7, 11) is 0. The van der Waals surface area contributed by atoms with Gasteiger partial charge in [0.1, 0.15) is 0 Å². The number of nitrogens with one attached hydrogen (secondary N) is 2. The molecule has 1 aromatic rings. The second-order valence-electron chi connectivity index (χ2n) is 8.94. The van der Waals surface area contributed by atoms with Crippen LogP contribution in [0, 0.1) is 23.2 Å². The molecule has 2 N–H and O–H groups in total. The Labute approximate surface area is 155 Å². The van der Waals surface area contributed by atoms with Crippen molar-refractivity contribution in [1.82, 2.24) is 15.6 Å². The van der Waals surface area contributed by atoms with Gasteiger partial charge in [-0.25, -0.2) is 0 Å². The molecule has 4 fully saturated rings. The van der Waals surface area contributed by atoms with Crippen LogP contribution in [0.15, 0.2) is 24.5 Å². The van der Waals surface area contributed by atoms with Crippen molar-refractivity contribution >= 4 is 11.8 Å². The monoisotopic (exact) mass is 355 g/mol. The third-order valence-corrected chi connectivity index (χ3v) is 6.73. The molecule has 0 saturated heterocycles. The molecule has 4 saturated carbocycles. The first kappa shape index (κ1) is 17.5. The Morgan fingerprint density at radius 2 is 1.65 bits per heavy atom. The zero-order valence-corrected chi connectivity index (χ0v) is 15.5. The predicted molar refractivity (Wildman–Crippen MR) is 99.0 cm³/mol. The molecule has 4 aliphatic carbocycles. The summed E-state index contributed by atoms with van der Waals surface area (Å²) in [5.41, 5.74) is 1.23. The minimum atomic E-state index is -0.145. The summed E-state index contributed by atoms with van der Waals surface area (Å²) in [6, 6.07) is 3.68. The van der Waals surface area contributed by atoms with Crippen molar-refractivity contribution in [3.05, 3.63) is 30.1 Å². The topological polar surface area (TPSA) is 71.1 Å². The predicted octanol–water partition coefficient (Wildman–Crippen LogP) is 2.98. The summed E-state index contributed by atoms with van der Waals surface area (Å²) in [6.45, 7) is 1.99. The molecule has 5 heteroatoms. The lowest BCUT2D eigenvalue weighted by Crippen LogP contribution is -2.48. The molecule has 1 heterocycles.